The van der Waals surface area contributed by atoms with E-state index in [1.54, 1.807) is 1.29 Å². The van der Waals surface area contributed by atoms with Crippen molar-refractivity contribution in [1.29, 1.82) is 0 Å². The van der Waals surface area contributed by atoms with Gasteiger partial charge >= 0.3 is 104 Å². The van der Waals surface area contributed by atoms with E-state index in [9.17, 15) is 0 Å². The summed E-state index contributed by atoms with van der Waals surface area (Å²) in [6, 6.07) is 0. The first-order chi connectivity index (χ1) is 6.23. The van der Waals surface area contributed by atoms with E-state index >= 15 is 0 Å². The molecule has 1 aliphatic rings. The molecule has 0 radical (unpaired) electrons. The molecule has 0 aromatic heterocycles. The average molecular weight is 330 g/mol. The van der Waals surface area contributed by atoms with Gasteiger partial charge in [0.25, 0.3) is 0 Å². The Hall–Kier alpha value is 0.818. The van der Waals surface area contributed by atoms with Crippen molar-refractivity contribution in [2.45, 2.75) is 50.2 Å². The Morgan fingerprint density at radius 1 is 1.00 bits per heavy atom. The van der Waals surface area contributed by atoms with Gasteiger partial charge < -0.3 is 0 Å². The van der Waals surface area contributed by atoms with Crippen molar-refractivity contribution in [1.82, 2.24) is 0 Å². The summed E-state index contributed by atoms with van der Waals surface area (Å²) in [5.74, 6) is 0. The van der Waals surface area contributed by atoms with E-state index in [0.717, 1.165) is 0 Å². The summed E-state index contributed by atoms with van der Waals surface area (Å²) in [5, 5.41) is 0. The third kappa shape index (κ3) is 3.16. The molecule has 81 valence electrons. The van der Waals surface area contributed by atoms with Crippen molar-refractivity contribution < 1.29 is 34.2 Å². The molecule has 1 heteroatoms. The molecule has 0 fully saturated rings. The monoisotopic (exact) mass is 331 g/mol. The summed E-state index contributed by atoms with van der Waals surface area (Å²) in [5.41, 5.74) is 0. The topological polar surface area (TPSA) is 0 Å². The predicted molar refractivity (Wildman–Crippen MR) is 61.3 cm³/mol. The molecule has 0 saturated carbocycles. The van der Waals surface area contributed by atoms with Crippen molar-refractivity contribution in [3.8, 4) is 0 Å². The van der Waals surface area contributed by atoms with Crippen LogP contribution in [-0.4, -0.2) is 0 Å². The molecule has 0 heterocycles. The fraction of sp³-hybridized carbons (Fsp3) is 0.692. The fourth-order valence-electron chi connectivity index (χ4n) is 2.28. The van der Waals surface area contributed by atoms with Gasteiger partial charge in [0.05, 0.1) is 0 Å². The zero-order chi connectivity index (χ0) is 11.0. The number of hydrogen-bond acceptors (Lipinski definition) is 0. The SMILES string of the molecule is C[C](C)(C)[Sm]([C]1=CC=CC1)[C](C)(C)C. The van der Waals surface area contributed by atoms with Gasteiger partial charge in [-0.1, -0.05) is 0 Å². The van der Waals surface area contributed by atoms with Gasteiger partial charge in [-0.3, -0.25) is 0 Å². The zero-order valence-corrected chi connectivity index (χ0v) is 13.0. The Balaban J connectivity index is 2.95. The van der Waals surface area contributed by atoms with Crippen molar-refractivity contribution in [3.63, 3.8) is 0 Å². The van der Waals surface area contributed by atoms with Crippen molar-refractivity contribution in [3.05, 3.63) is 19.5 Å². The van der Waals surface area contributed by atoms with Crippen molar-refractivity contribution in [2.75, 3.05) is 0 Å². The third-order valence-corrected chi connectivity index (χ3v) is 12.7. The van der Waals surface area contributed by atoms with Gasteiger partial charge in [-0.05, 0) is 0 Å². The molecular weight excluding hydrogens is 307 g/mol. The summed E-state index contributed by atoms with van der Waals surface area (Å²) >= 11 is -1.48. The Bertz CT molecular complexity index is 244. The van der Waals surface area contributed by atoms with Gasteiger partial charge in [0.15, 0.2) is 0 Å². The van der Waals surface area contributed by atoms with Crippen LogP contribution in [-0.2, 0) is 0 Å². The Kier molecular flexibility index (Phi) is 4.01. The molecule has 0 spiro atoms. The second kappa shape index (κ2) is 4.36. The summed E-state index contributed by atoms with van der Waals surface area (Å²) in [7, 11) is 0. The molecule has 0 atom stereocenters. The maximum atomic E-state index is 2.44. The first-order valence-corrected chi connectivity index (χ1v) is 9.26. The molecule has 0 bridgehead atoms. The van der Waals surface area contributed by atoms with Crippen LogP contribution in [0.1, 0.15) is 48.0 Å². The van der Waals surface area contributed by atoms with Crippen LogP contribution in [0.3, 0.4) is 0 Å². The zero-order valence-electron chi connectivity index (χ0n) is 10.3. The van der Waals surface area contributed by atoms with Gasteiger partial charge in [-0.25, -0.2) is 0 Å². The molecule has 0 aromatic carbocycles. The van der Waals surface area contributed by atoms with Gasteiger partial charge in [-0.15, -0.1) is 0 Å². The predicted octanol–water partition coefficient (Wildman–Crippen LogP) is 4.89. The van der Waals surface area contributed by atoms with Crippen LogP contribution >= 0.6 is 0 Å². The Labute approximate surface area is 103 Å². The molecule has 0 unspecified atom stereocenters. The average Bonchev–Trinajstić information content (AvgIpc) is 2.31. The van der Waals surface area contributed by atoms with Crippen molar-refractivity contribution >= 4 is 0 Å². The first kappa shape index (κ1) is 12.9. The van der Waals surface area contributed by atoms with E-state index in [-0.39, 0.29) is 0 Å². The second-order valence-corrected chi connectivity index (χ2v) is 17.3. The summed E-state index contributed by atoms with van der Waals surface area (Å²) in [4.78, 5) is 0. The molecule has 0 nitrogen and oxygen atoms in total. The molecule has 0 N–H and O–H groups in total. The Morgan fingerprint density at radius 2 is 1.50 bits per heavy atom. The van der Waals surface area contributed by atoms with Crippen LogP contribution in [0.2, 0.25) is 2.26 Å². The maximum absolute atomic E-state index is 2.44. The van der Waals surface area contributed by atoms with Gasteiger partial charge in [-0.2, -0.15) is 0 Å². The molecule has 0 amide bonds. The summed E-state index contributed by atoms with van der Waals surface area (Å²) in [6.07, 6.45) is 8.19. The third-order valence-electron chi connectivity index (χ3n) is 2.22. The minimum atomic E-state index is -1.48. The van der Waals surface area contributed by atoms with Crippen LogP contribution < -0.4 is 0 Å². The second-order valence-electron chi connectivity index (χ2n) is 5.80. The van der Waals surface area contributed by atoms with Crippen molar-refractivity contribution in [2.24, 2.45) is 0 Å². The quantitative estimate of drug-likeness (QED) is 0.642. The number of hydrogen-bond donors (Lipinski definition) is 0. The molecule has 0 aromatic rings. The molecule has 0 aliphatic heterocycles. The van der Waals surface area contributed by atoms with Crippen LogP contribution in [0, 0.1) is 34.2 Å². The van der Waals surface area contributed by atoms with Crippen LogP contribution in [0.25, 0.3) is 0 Å². The molecule has 1 aliphatic carbocycles. The number of rotatable bonds is 1. The fourth-order valence-corrected chi connectivity index (χ4v) is 14.8. The summed E-state index contributed by atoms with van der Waals surface area (Å²) < 4.78 is 2.90. The van der Waals surface area contributed by atoms with Crippen LogP contribution in [0.15, 0.2) is 19.5 Å². The van der Waals surface area contributed by atoms with Crippen LogP contribution in [0.5, 0.6) is 0 Å². The number of allylic oxidation sites excluding steroid dienone is 4. The van der Waals surface area contributed by atoms with E-state index in [0.29, 0.717) is 2.26 Å². The minimum absolute atomic E-state index is 0.552. The Morgan fingerprint density at radius 3 is 1.79 bits per heavy atom. The van der Waals surface area contributed by atoms with E-state index in [2.05, 4.69) is 59.8 Å². The molecule has 0 saturated heterocycles. The van der Waals surface area contributed by atoms with E-state index in [1.807, 2.05) is 0 Å². The van der Waals surface area contributed by atoms with E-state index in [1.165, 1.54) is 6.42 Å². The first-order valence-electron chi connectivity index (χ1n) is 5.33. The van der Waals surface area contributed by atoms with E-state index in [4.69, 9.17) is 0 Å². The normalized spacial score (nSPS) is 17.8. The standard InChI is InChI=1S/C5H5.2C4H9.Sm/c1-2-4-5-3-1;2*1-4(2)3;/h1-3H,4H2;2*1-3H3;. The van der Waals surface area contributed by atoms with Crippen LogP contribution in [0.4, 0.5) is 0 Å². The van der Waals surface area contributed by atoms with Gasteiger partial charge in [0.1, 0.15) is 0 Å². The van der Waals surface area contributed by atoms with Gasteiger partial charge in [0.2, 0.25) is 0 Å². The summed E-state index contributed by atoms with van der Waals surface area (Å²) in [6.45, 7) is 14.6. The van der Waals surface area contributed by atoms with Gasteiger partial charge in [0, 0.05) is 0 Å². The molecular formula is C13H23Sm. The van der Waals surface area contributed by atoms with E-state index < -0.39 is 34.2 Å². The molecule has 14 heavy (non-hydrogen) atoms. The molecule has 1 rings (SSSR count).